The van der Waals surface area contributed by atoms with Crippen LogP contribution in [0.1, 0.15) is 44.4 Å². The standard InChI is InChI=1S/C18H20O6/c1-21-17(22-2)13-7-5-12-11(15(13)9-19)6-8-14(16(12)10-20)18(23-3)24-4/h5-10,17-18H,1-4H3. The lowest BCUT2D eigenvalue weighted by Gasteiger charge is -2.20. The van der Waals surface area contributed by atoms with E-state index in [-0.39, 0.29) is 0 Å². The van der Waals surface area contributed by atoms with Gasteiger partial charge in [-0.25, -0.2) is 0 Å². The molecule has 128 valence electrons. The molecule has 24 heavy (non-hydrogen) atoms. The van der Waals surface area contributed by atoms with Crippen LogP contribution in [-0.4, -0.2) is 41.0 Å². The number of aldehydes is 2. The molecule has 2 aromatic carbocycles. The van der Waals surface area contributed by atoms with Crippen molar-refractivity contribution in [2.45, 2.75) is 12.6 Å². The molecule has 0 atom stereocenters. The largest absolute Gasteiger partial charge is 0.352 e. The molecule has 0 bridgehead atoms. The number of carbonyl (C=O) groups excluding carboxylic acids is 2. The van der Waals surface area contributed by atoms with Crippen molar-refractivity contribution >= 4 is 23.3 Å². The number of ether oxygens (including phenoxy) is 4. The fraction of sp³-hybridized carbons (Fsp3) is 0.333. The van der Waals surface area contributed by atoms with E-state index in [0.717, 1.165) is 12.6 Å². The highest BCUT2D eigenvalue weighted by molar-refractivity contribution is 6.06. The molecule has 6 nitrogen and oxygen atoms in total. The number of hydrogen-bond acceptors (Lipinski definition) is 6. The van der Waals surface area contributed by atoms with E-state index in [1.54, 1.807) is 24.3 Å². The molecule has 0 aliphatic rings. The molecule has 0 amide bonds. The van der Waals surface area contributed by atoms with Crippen molar-refractivity contribution in [2.75, 3.05) is 28.4 Å². The molecule has 2 aromatic rings. The maximum Gasteiger partial charge on any atom is 0.183 e. The van der Waals surface area contributed by atoms with Crippen molar-refractivity contribution < 1.29 is 28.5 Å². The summed E-state index contributed by atoms with van der Waals surface area (Å²) in [7, 11) is 5.98. The molecular formula is C18H20O6. The van der Waals surface area contributed by atoms with Crippen LogP contribution in [0.2, 0.25) is 0 Å². The predicted octanol–water partition coefficient (Wildman–Crippen LogP) is 3.05. The number of rotatable bonds is 8. The van der Waals surface area contributed by atoms with Crippen molar-refractivity contribution in [3.8, 4) is 0 Å². The van der Waals surface area contributed by atoms with Gasteiger partial charge in [0.15, 0.2) is 25.2 Å². The molecule has 0 N–H and O–H groups in total. The Morgan fingerprint density at radius 3 is 1.25 bits per heavy atom. The first kappa shape index (κ1) is 18.2. The van der Waals surface area contributed by atoms with Crippen LogP contribution in [0.5, 0.6) is 0 Å². The zero-order chi connectivity index (χ0) is 17.7. The third-order valence-corrected chi connectivity index (χ3v) is 3.95. The van der Waals surface area contributed by atoms with Gasteiger partial charge in [-0.15, -0.1) is 0 Å². The Bertz CT molecular complexity index is 669. The Morgan fingerprint density at radius 1 is 0.667 bits per heavy atom. The SMILES string of the molecule is COC(OC)c1ccc2c(C=O)c(C(OC)OC)ccc2c1C=O. The number of benzene rings is 2. The highest BCUT2D eigenvalue weighted by Gasteiger charge is 2.21. The molecule has 0 fully saturated rings. The quantitative estimate of drug-likeness (QED) is 0.546. The van der Waals surface area contributed by atoms with E-state index >= 15 is 0 Å². The minimum absolute atomic E-state index is 0.419. The topological polar surface area (TPSA) is 71.1 Å². The maximum atomic E-state index is 11.7. The fourth-order valence-electron chi connectivity index (χ4n) is 2.86. The third-order valence-electron chi connectivity index (χ3n) is 3.95. The molecule has 0 spiro atoms. The highest BCUT2D eigenvalue weighted by Crippen LogP contribution is 2.33. The zero-order valence-corrected chi connectivity index (χ0v) is 14.1. The molecule has 0 heterocycles. The Kier molecular flexibility index (Phi) is 6.16. The van der Waals surface area contributed by atoms with Gasteiger partial charge in [-0.3, -0.25) is 9.59 Å². The first-order chi connectivity index (χ1) is 11.7. The predicted molar refractivity (Wildman–Crippen MR) is 88.2 cm³/mol. The van der Waals surface area contributed by atoms with Crippen LogP contribution >= 0.6 is 0 Å². The number of methoxy groups -OCH3 is 4. The number of hydrogen-bond donors (Lipinski definition) is 0. The highest BCUT2D eigenvalue weighted by atomic mass is 16.7. The first-order valence-electron chi connectivity index (χ1n) is 7.27. The van der Waals surface area contributed by atoms with Crippen molar-refractivity contribution in [1.82, 2.24) is 0 Å². The molecule has 0 aromatic heterocycles. The lowest BCUT2D eigenvalue weighted by molar-refractivity contribution is -0.106. The van der Waals surface area contributed by atoms with Gasteiger partial charge in [-0.1, -0.05) is 24.3 Å². The third kappa shape index (κ3) is 3.09. The minimum atomic E-state index is -0.667. The second-order valence-corrected chi connectivity index (χ2v) is 5.07. The number of carbonyl (C=O) groups is 2. The summed E-state index contributed by atoms with van der Waals surface area (Å²) in [5, 5.41) is 1.27. The van der Waals surface area contributed by atoms with Crippen molar-refractivity contribution in [3.05, 3.63) is 46.5 Å². The second-order valence-electron chi connectivity index (χ2n) is 5.07. The van der Waals surface area contributed by atoms with Crippen LogP contribution < -0.4 is 0 Å². The molecule has 0 saturated heterocycles. The lowest BCUT2D eigenvalue weighted by atomic mass is 9.93. The van der Waals surface area contributed by atoms with Crippen LogP contribution in [0, 0.1) is 0 Å². The summed E-state index contributed by atoms with van der Waals surface area (Å²) in [6.07, 6.45) is 0.140. The van der Waals surface area contributed by atoms with Gasteiger partial charge in [-0.2, -0.15) is 0 Å². The van der Waals surface area contributed by atoms with Gasteiger partial charge in [0, 0.05) is 50.7 Å². The molecular weight excluding hydrogens is 312 g/mol. The molecule has 0 aliphatic heterocycles. The lowest BCUT2D eigenvalue weighted by Crippen LogP contribution is -2.10. The van der Waals surface area contributed by atoms with Crippen molar-refractivity contribution in [3.63, 3.8) is 0 Å². The van der Waals surface area contributed by atoms with Crippen LogP contribution in [0.3, 0.4) is 0 Å². The fourth-order valence-corrected chi connectivity index (χ4v) is 2.86. The first-order valence-corrected chi connectivity index (χ1v) is 7.27. The summed E-state index contributed by atoms with van der Waals surface area (Å²) in [4.78, 5) is 23.3. The van der Waals surface area contributed by atoms with Crippen molar-refractivity contribution in [1.29, 1.82) is 0 Å². The minimum Gasteiger partial charge on any atom is -0.352 e. The van der Waals surface area contributed by atoms with E-state index in [2.05, 4.69) is 0 Å². The number of fused-ring (bicyclic) bond motifs is 1. The second kappa shape index (κ2) is 8.12. The van der Waals surface area contributed by atoms with E-state index in [9.17, 15) is 9.59 Å². The molecule has 0 saturated carbocycles. The smallest absolute Gasteiger partial charge is 0.183 e. The van der Waals surface area contributed by atoms with Gasteiger partial charge in [-0.05, 0) is 10.8 Å². The molecule has 0 unspecified atom stereocenters. The normalized spacial score (nSPS) is 11.4. The molecule has 0 radical (unpaired) electrons. The summed E-state index contributed by atoms with van der Waals surface area (Å²) in [6, 6.07) is 6.96. The van der Waals surface area contributed by atoms with E-state index < -0.39 is 12.6 Å². The Hall–Kier alpha value is -2.12. The summed E-state index contributed by atoms with van der Waals surface area (Å²) >= 11 is 0. The van der Waals surface area contributed by atoms with Crippen LogP contribution in [0.25, 0.3) is 10.8 Å². The van der Waals surface area contributed by atoms with Crippen LogP contribution in [0.4, 0.5) is 0 Å². The average molecular weight is 332 g/mol. The summed E-state index contributed by atoms with van der Waals surface area (Å²) in [5.74, 6) is 0. The Balaban J connectivity index is 2.77. The van der Waals surface area contributed by atoms with Gasteiger partial charge >= 0.3 is 0 Å². The van der Waals surface area contributed by atoms with E-state index in [1.807, 2.05) is 0 Å². The summed E-state index contributed by atoms with van der Waals surface area (Å²) in [6.45, 7) is 0. The van der Waals surface area contributed by atoms with Gasteiger partial charge in [0.1, 0.15) is 0 Å². The van der Waals surface area contributed by atoms with Gasteiger partial charge < -0.3 is 18.9 Å². The summed E-state index contributed by atoms with van der Waals surface area (Å²) in [5.41, 5.74) is 2.04. The monoisotopic (exact) mass is 332 g/mol. The van der Waals surface area contributed by atoms with Gasteiger partial charge in [0.25, 0.3) is 0 Å². The molecule has 6 heteroatoms. The van der Waals surface area contributed by atoms with E-state index in [1.165, 1.54) is 28.4 Å². The Labute approximate surface area is 140 Å². The van der Waals surface area contributed by atoms with Crippen LogP contribution in [-0.2, 0) is 18.9 Å². The molecule has 2 rings (SSSR count). The van der Waals surface area contributed by atoms with E-state index in [0.29, 0.717) is 33.0 Å². The average Bonchev–Trinajstić information content (AvgIpc) is 2.63. The Morgan fingerprint density at radius 2 is 1.00 bits per heavy atom. The van der Waals surface area contributed by atoms with Crippen molar-refractivity contribution in [2.24, 2.45) is 0 Å². The van der Waals surface area contributed by atoms with Gasteiger partial charge in [0.05, 0.1) is 0 Å². The maximum absolute atomic E-state index is 11.7. The molecule has 0 aliphatic carbocycles. The zero-order valence-electron chi connectivity index (χ0n) is 14.1. The van der Waals surface area contributed by atoms with Gasteiger partial charge in [0.2, 0.25) is 0 Å². The summed E-state index contributed by atoms with van der Waals surface area (Å²) < 4.78 is 21.0. The van der Waals surface area contributed by atoms with E-state index in [4.69, 9.17) is 18.9 Å². The van der Waals surface area contributed by atoms with Crippen LogP contribution in [0.15, 0.2) is 24.3 Å².